The summed E-state index contributed by atoms with van der Waals surface area (Å²) in [6.45, 7) is 7.21. The Morgan fingerprint density at radius 3 is 2.72 bits per heavy atom. The Morgan fingerprint density at radius 2 is 2.06 bits per heavy atom. The number of rotatable bonds is 2. The first-order valence-corrected chi connectivity index (χ1v) is 7.35. The van der Waals surface area contributed by atoms with Crippen LogP contribution in [0.25, 0.3) is 0 Å². The van der Waals surface area contributed by atoms with Crippen molar-refractivity contribution in [2.75, 3.05) is 11.4 Å². The molecule has 1 aliphatic rings. The average molecular weight is 310 g/mol. The summed E-state index contributed by atoms with van der Waals surface area (Å²) in [6.07, 6.45) is 2.48. The van der Waals surface area contributed by atoms with Crippen LogP contribution in [0.2, 0.25) is 0 Å². The molecule has 0 saturated carbocycles. The number of benzene rings is 1. The predicted molar refractivity (Wildman–Crippen MR) is 79.4 cm³/mol. The monoisotopic (exact) mass is 309 g/mol. The lowest BCUT2D eigenvalue weighted by Gasteiger charge is -2.39. The highest BCUT2D eigenvalue weighted by Crippen LogP contribution is 2.32. The van der Waals surface area contributed by atoms with Gasteiger partial charge in [0.15, 0.2) is 5.78 Å². The second-order valence-electron chi connectivity index (χ2n) is 5.40. The Balaban J connectivity index is 2.41. The summed E-state index contributed by atoms with van der Waals surface area (Å²) in [4.78, 5) is 14.2. The van der Waals surface area contributed by atoms with Crippen LogP contribution in [0.3, 0.4) is 0 Å². The molecule has 18 heavy (non-hydrogen) atoms. The molecule has 2 unspecified atom stereocenters. The van der Waals surface area contributed by atoms with Crippen LogP contribution in [0.15, 0.2) is 22.7 Å². The Morgan fingerprint density at radius 1 is 1.33 bits per heavy atom. The highest BCUT2D eigenvalue weighted by molar-refractivity contribution is 9.10. The Labute approximate surface area is 117 Å². The lowest BCUT2D eigenvalue weighted by atomic mass is 9.93. The molecule has 2 rings (SSSR count). The molecule has 3 heteroatoms. The summed E-state index contributed by atoms with van der Waals surface area (Å²) in [6, 6.07) is 6.45. The number of ketones is 1. The topological polar surface area (TPSA) is 20.3 Å². The number of carbonyl (C=O) groups is 1. The molecule has 1 aliphatic heterocycles. The van der Waals surface area contributed by atoms with Crippen molar-refractivity contribution in [3.8, 4) is 0 Å². The first kappa shape index (κ1) is 13.6. The fourth-order valence-electron chi connectivity index (χ4n) is 2.66. The van der Waals surface area contributed by atoms with Gasteiger partial charge in [-0.25, -0.2) is 0 Å². The largest absolute Gasteiger partial charge is 0.368 e. The number of hydrogen-bond acceptors (Lipinski definition) is 2. The average Bonchev–Trinajstić information content (AvgIpc) is 2.31. The highest BCUT2D eigenvalue weighted by Gasteiger charge is 2.25. The van der Waals surface area contributed by atoms with E-state index in [-0.39, 0.29) is 5.78 Å². The van der Waals surface area contributed by atoms with Crippen molar-refractivity contribution in [2.45, 2.75) is 39.7 Å². The predicted octanol–water partition coefficient (Wildman–Crippen LogP) is 4.28. The van der Waals surface area contributed by atoms with Gasteiger partial charge < -0.3 is 4.90 Å². The summed E-state index contributed by atoms with van der Waals surface area (Å²) < 4.78 is 1.04. The Kier molecular flexibility index (Phi) is 4.10. The second-order valence-corrected chi connectivity index (χ2v) is 6.32. The zero-order valence-electron chi connectivity index (χ0n) is 11.2. The van der Waals surface area contributed by atoms with E-state index in [2.05, 4.69) is 40.7 Å². The van der Waals surface area contributed by atoms with E-state index in [0.717, 1.165) is 22.3 Å². The summed E-state index contributed by atoms with van der Waals surface area (Å²) in [5, 5.41) is 0. The molecule has 0 N–H and O–H groups in total. The molecule has 1 fully saturated rings. The third-order valence-corrected chi connectivity index (χ3v) is 4.26. The van der Waals surface area contributed by atoms with Gasteiger partial charge in [-0.05, 0) is 50.8 Å². The minimum atomic E-state index is 0.142. The molecule has 0 spiro atoms. The van der Waals surface area contributed by atoms with Gasteiger partial charge in [0.1, 0.15) is 0 Å². The maximum Gasteiger partial charge on any atom is 0.161 e. The van der Waals surface area contributed by atoms with Gasteiger partial charge in [-0.15, -0.1) is 0 Å². The molecule has 1 saturated heterocycles. The zero-order valence-corrected chi connectivity index (χ0v) is 12.8. The summed E-state index contributed by atoms with van der Waals surface area (Å²) >= 11 is 3.51. The minimum Gasteiger partial charge on any atom is -0.368 e. The van der Waals surface area contributed by atoms with Gasteiger partial charge >= 0.3 is 0 Å². The van der Waals surface area contributed by atoms with E-state index in [4.69, 9.17) is 0 Å². The number of halogens is 1. The van der Waals surface area contributed by atoms with E-state index in [9.17, 15) is 4.79 Å². The molecule has 1 aromatic rings. The van der Waals surface area contributed by atoms with Crippen LogP contribution in [0.4, 0.5) is 5.69 Å². The fraction of sp³-hybridized carbons (Fsp3) is 0.533. The van der Waals surface area contributed by atoms with Gasteiger partial charge in [0.05, 0.1) is 0 Å². The standard InChI is InChI=1S/C15H20BrNO/c1-10-4-5-11(2)17(9-10)15-8-13(16)6-7-14(15)12(3)18/h6-8,10-11H,4-5,9H2,1-3H3. The van der Waals surface area contributed by atoms with Gasteiger partial charge in [0, 0.05) is 28.3 Å². The SMILES string of the molecule is CC(=O)c1ccc(Br)cc1N1CC(C)CCC1C. The molecule has 0 aromatic heterocycles. The number of nitrogens with zero attached hydrogens (tertiary/aromatic N) is 1. The van der Waals surface area contributed by atoms with Crippen LogP contribution in [-0.2, 0) is 0 Å². The van der Waals surface area contributed by atoms with E-state index in [1.807, 2.05) is 12.1 Å². The van der Waals surface area contributed by atoms with Gasteiger partial charge in [-0.2, -0.15) is 0 Å². The van der Waals surface area contributed by atoms with Crippen molar-refractivity contribution >= 4 is 27.4 Å². The van der Waals surface area contributed by atoms with Crippen molar-refractivity contribution < 1.29 is 4.79 Å². The number of piperidine rings is 1. The summed E-state index contributed by atoms with van der Waals surface area (Å²) in [5.74, 6) is 0.836. The van der Waals surface area contributed by atoms with Crippen LogP contribution in [-0.4, -0.2) is 18.4 Å². The van der Waals surface area contributed by atoms with Crippen molar-refractivity contribution in [1.29, 1.82) is 0 Å². The number of hydrogen-bond donors (Lipinski definition) is 0. The molecular weight excluding hydrogens is 290 g/mol. The van der Waals surface area contributed by atoms with Gasteiger partial charge in [0.2, 0.25) is 0 Å². The molecule has 0 bridgehead atoms. The fourth-order valence-corrected chi connectivity index (χ4v) is 3.01. The van der Waals surface area contributed by atoms with Crippen molar-refractivity contribution in [1.82, 2.24) is 0 Å². The number of Topliss-reactive ketones (excluding diaryl/α,β-unsaturated/α-hetero) is 1. The van der Waals surface area contributed by atoms with Gasteiger partial charge in [0.25, 0.3) is 0 Å². The van der Waals surface area contributed by atoms with E-state index < -0.39 is 0 Å². The lowest BCUT2D eigenvalue weighted by molar-refractivity contribution is 0.101. The Bertz CT molecular complexity index is 458. The lowest BCUT2D eigenvalue weighted by Crippen LogP contribution is -2.41. The molecule has 0 aliphatic carbocycles. The van der Waals surface area contributed by atoms with Gasteiger partial charge in [-0.3, -0.25) is 4.79 Å². The highest BCUT2D eigenvalue weighted by atomic mass is 79.9. The molecule has 2 atom stereocenters. The normalized spacial score (nSPS) is 24.1. The minimum absolute atomic E-state index is 0.142. The maximum absolute atomic E-state index is 11.8. The number of carbonyl (C=O) groups excluding carboxylic acids is 1. The van der Waals surface area contributed by atoms with E-state index >= 15 is 0 Å². The molecule has 98 valence electrons. The molecule has 0 radical (unpaired) electrons. The molecule has 0 amide bonds. The van der Waals surface area contributed by atoms with Crippen LogP contribution < -0.4 is 4.90 Å². The van der Waals surface area contributed by atoms with Crippen LogP contribution in [0.5, 0.6) is 0 Å². The molecular formula is C15H20BrNO. The van der Waals surface area contributed by atoms with Gasteiger partial charge in [-0.1, -0.05) is 22.9 Å². The quantitative estimate of drug-likeness (QED) is 0.760. The molecule has 1 aromatic carbocycles. The first-order valence-electron chi connectivity index (χ1n) is 6.56. The van der Waals surface area contributed by atoms with Crippen LogP contribution in [0, 0.1) is 5.92 Å². The van der Waals surface area contributed by atoms with Crippen LogP contribution >= 0.6 is 15.9 Å². The summed E-state index contributed by atoms with van der Waals surface area (Å²) in [5.41, 5.74) is 1.91. The zero-order chi connectivity index (χ0) is 13.3. The third-order valence-electron chi connectivity index (χ3n) is 3.77. The molecule has 1 heterocycles. The van der Waals surface area contributed by atoms with E-state index in [1.165, 1.54) is 12.8 Å². The number of anilines is 1. The smallest absolute Gasteiger partial charge is 0.161 e. The first-order chi connectivity index (χ1) is 8.49. The van der Waals surface area contributed by atoms with E-state index in [0.29, 0.717) is 12.0 Å². The Hall–Kier alpha value is -0.830. The third kappa shape index (κ3) is 2.77. The second kappa shape index (κ2) is 5.43. The van der Waals surface area contributed by atoms with Crippen molar-refractivity contribution in [3.05, 3.63) is 28.2 Å². The van der Waals surface area contributed by atoms with E-state index in [1.54, 1.807) is 6.92 Å². The van der Waals surface area contributed by atoms with Crippen LogP contribution in [0.1, 0.15) is 44.0 Å². The summed E-state index contributed by atoms with van der Waals surface area (Å²) in [7, 11) is 0. The van der Waals surface area contributed by atoms with Crippen molar-refractivity contribution in [2.24, 2.45) is 5.92 Å². The van der Waals surface area contributed by atoms with Crippen molar-refractivity contribution in [3.63, 3.8) is 0 Å². The maximum atomic E-state index is 11.8. The molecule has 2 nitrogen and oxygen atoms in total.